The van der Waals surface area contributed by atoms with Gasteiger partial charge in [0.1, 0.15) is 0 Å². The molecule has 0 fully saturated rings. The number of urea groups is 1. The molecule has 0 aromatic heterocycles. The van der Waals surface area contributed by atoms with E-state index in [1.165, 1.54) is 0 Å². The molecular formula is C15H25N3O2. The number of amides is 2. The van der Waals surface area contributed by atoms with E-state index in [0.29, 0.717) is 26.2 Å². The molecule has 20 heavy (non-hydrogen) atoms. The van der Waals surface area contributed by atoms with Crippen molar-refractivity contribution in [1.82, 2.24) is 16.0 Å². The number of carbonyl (C=O) groups is 1. The highest BCUT2D eigenvalue weighted by molar-refractivity contribution is 5.73. The van der Waals surface area contributed by atoms with Gasteiger partial charge in [-0.3, -0.25) is 0 Å². The van der Waals surface area contributed by atoms with Crippen molar-refractivity contribution in [2.45, 2.75) is 25.9 Å². The predicted molar refractivity (Wildman–Crippen MR) is 80.6 cm³/mol. The number of aliphatic hydroxyl groups excluding tert-OH is 1. The van der Waals surface area contributed by atoms with Gasteiger partial charge in [-0.2, -0.15) is 0 Å². The van der Waals surface area contributed by atoms with Crippen LogP contribution in [-0.2, 0) is 0 Å². The average molecular weight is 279 g/mol. The summed E-state index contributed by atoms with van der Waals surface area (Å²) in [4.78, 5) is 11.3. The molecule has 1 unspecified atom stereocenters. The Balaban J connectivity index is 2.03. The van der Waals surface area contributed by atoms with E-state index in [0.717, 1.165) is 18.4 Å². The average Bonchev–Trinajstić information content (AvgIpc) is 2.48. The highest BCUT2D eigenvalue weighted by atomic mass is 16.3. The van der Waals surface area contributed by atoms with Crippen LogP contribution in [0.5, 0.6) is 0 Å². The van der Waals surface area contributed by atoms with Crippen molar-refractivity contribution >= 4 is 6.03 Å². The summed E-state index contributed by atoms with van der Waals surface area (Å²) in [6, 6.07) is 9.38. The van der Waals surface area contributed by atoms with E-state index >= 15 is 0 Å². The molecule has 0 radical (unpaired) electrons. The topological polar surface area (TPSA) is 73.4 Å². The lowest BCUT2D eigenvalue weighted by atomic mass is 10.1. The van der Waals surface area contributed by atoms with Crippen LogP contribution in [0.25, 0.3) is 0 Å². The minimum absolute atomic E-state index is 0.135. The molecule has 0 aliphatic carbocycles. The quantitative estimate of drug-likeness (QED) is 0.516. The molecule has 2 amide bonds. The molecule has 5 heteroatoms. The van der Waals surface area contributed by atoms with Gasteiger partial charge in [0.2, 0.25) is 0 Å². The van der Waals surface area contributed by atoms with E-state index in [4.69, 9.17) is 0 Å². The first-order valence-electron chi connectivity index (χ1n) is 7.19. The Hall–Kier alpha value is -1.59. The normalized spacial score (nSPS) is 11.9. The first-order valence-corrected chi connectivity index (χ1v) is 7.19. The Bertz CT molecular complexity index is 371. The highest BCUT2D eigenvalue weighted by Gasteiger charge is 2.05. The molecule has 0 aliphatic heterocycles. The number of benzene rings is 1. The fraction of sp³-hybridized carbons (Fsp3) is 0.533. The van der Waals surface area contributed by atoms with Crippen molar-refractivity contribution in [3.63, 3.8) is 0 Å². The van der Waals surface area contributed by atoms with Crippen LogP contribution in [0.2, 0.25) is 0 Å². The Morgan fingerprint density at radius 2 is 1.85 bits per heavy atom. The largest absolute Gasteiger partial charge is 0.387 e. The maximum atomic E-state index is 11.3. The smallest absolute Gasteiger partial charge is 0.314 e. The third-order valence-electron chi connectivity index (χ3n) is 2.93. The number of rotatable bonds is 9. The van der Waals surface area contributed by atoms with Crippen LogP contribution in [-0.4, -0.2) is 37.3 Å². The van der Waals surface area contributed by atoms with Gasteiger partial charge in [-0.1, -0.05) is 43.7 Å². The van der Waals surface area contributed by atoms with Crippen molar-refractivity contribution in [3.05, 3.63) is 35.9 Å². The molecule has 1 rings (SSSR count). The first-order chi connectivity index (χ1) is 9.74. The summed E-state index contributed by atoms with van der Waals surface area (Å²) >= 11 is 0. The summed E-state index contributed by atoms with van der Waals surface area (Å²) in [7, 11) is 0. The number of unbranched alkanes of at least 4 members (excludes halogenated alkanes) is 1. The second-order valence-electron chi connectivity index (χ2n) is 4.67. The van der Waals surface area contributed by atoms with E-state index in [1.807, 2.05) is 30.3 Å². The molecule has 1 aromatic carbocycles. The van der Waals surface area contributed by atoms with E-state index in [2.05, 4.69) is 22.9 Å². The third-order valence-corrected chi connectivity index (χ3v) is 2.93. The molecule has 112 valence electrons. The standard InChI is InChI=1S/C15H25N3O2/c1-2-3-9-17-15(20)18-11-10-16-12-14(19)13-7-5-4-6-8-13/h4-8,14,16,19H,2-3,9-12H2,1H3,(H2,17,18,20). The van der Waals surface area contributed by atoms with E-state index in [9.17, 15) is 9.90 Å². The lowest BCUT2D eigenvalue weighted by Crippen LogP contribution is -2.40. The van der Waals surface area contributed by atoms with Crippen molar-refractivity contribution in [1.29, 1.82) is 0 Å². The van der Waals surface area contributed by atoms with Crippen LogP contribution in [0.3, 0.4) is 0 Å². The second-order valence-corrected chi connectivity index (χ2v) is 4.67. The Morgan fingerprint density at radius 1 is 1.15 bits per heavy atom. The van der Waals surface area contributed by atoms with Crippen molar-refractivity contribution in [2.75, 3.05) is 26.2 Å². The van der Waals surface area contributed by atoms with E-state index in [1.54, 1.807) is 0 Å². The predicted octanol–water partition coefficient (Wildman–Crippen LogP) is 1.41. The van der Waals surface area contributed by atoms with Crippen LogP contribution >= 0.6 is 0 Å². The van der Waals surface area contributed by atoms with Gasteiger partial charge in [0.25, 0.3) is 0 Å². The van der Waals surface area contributed by atoms with Crippen molar-refractivity contribution in [3.8, 4) is 0 Å². The van der Waals surface area contributed by atoms with Gasteiger partial charge in [-0.15, -0.1) is 0 Å². The fourth-order valence-electron chi connectivity index (χ4n) is 1.74. The summed E-state index contributed by atoms with van der Waals surface area (Å²) < 4.78 is 0. The summed E-state index contributed by atoms with van der Waals surface area (Å²) in [6.07, 6.45) is 1.54. The lowest BCUT2D eigenvalue weighted by Gasteiger charge is -2.12. The van der Waals surface area contributed by atoms with Gasteiger partial charge in [0, 0.05) is 26.2 Å². The number of carbonyl (C=O) groups excluding carboxylic acids is 1. The van der Waals surface area contributed by atoms with E-state index < -0.39 is 6.10 Å². The Kier molecular flexibility index (Phi) is 8.42. The number of nitrogens with one attached hydrogen (secondary N) is 3. The van der Waals surface area contributed by atoms with Crippen molar-refractivity contribution < 1.29 is 9.90 Å². The molecule has 4 N–H and O–H groups in total. The summed E-state index contributed by atoms with van der Waals surface area (Å²) in [6.45, 7) is 4.44. The van der Waals surface area contributed by atoms with Crippen molar-refractivity contribution in [2.24, 2.45) is 0 Å². The lowest BCUT2D eigenvalue weighted by molar-refractivity contribution is 0.175. The van der Waals surface area contributed by atoms with Gasteiger partial charge in [-0.25, -0.2) is 4.79 Å². The molecule has 0 heterocycles. The van der Waals surface area contributed by atoms with E-state index in [-0.39, 0.29) is 6.03 Å². The summed E-state index contributed by atoms with van der Waals surface area (Å²) in [5.74, 6) is 0. The SMILES string of the molecule is CCCCNC(=O)NCCNCC(O)c1ccccc1. The van der Waals surface area contributed by atoms with Gasteiger partial charge < -0.3 is 21.1 Å². The summed E-state index contributed by atoms with van der Waals surface area (Å²) in [5, 5.41) is 18.6. The molecular weight excluding hydrogens is 254 g/mol. The number of hydrogen-bond donors (Lipinski definition) is 4. The molecule has 0 aliphatic rings. The van der Waals surface area contributed by atoms with Crippen LogP contribution in [0.1, 0.15) is 31.4 Å². The molecule has 5 nitrogen and oxygen atoms in total. The van der Waals surface area contributed by atoms with Gasteiger partial charge in [0.05, 0.1) is 6.10 Å². The second kappa shape index (κ2) is 10.2. The highest BCUT2D eigenvalue weighted by Crippen LogP contribution is 2.09. The molecule has 0 bridgehead atoms. The Morgan fingerprint density at radius 3 is 2.55 bits per heavy atom. The molecule has 1 atom stereocenters. The maximum absolute atomic E-state index is 11.3. The zero-order chi connectivity index (χ0) is 14.6. The number of hydrogen-bond acceptors (Lipinski definition) is 3. The van der Waals surface area contributed by atoms with Gasteiger partial charge in [0.15, 0.2) is 0 Å². The van der Waals surface area contributed by atoms with Crippen LogP contribution in [0.15, 0.2) is 30.3 Å². The molecule has 1 aromatic rings. The van der Waals surface area contributed by atoms with Gasteiger partial charge in [-0.05, 0) is 12.0 Å². The zero-order valence-corrected chi connectivity index (χ0v) is 12.1. The minimum Gasteiger partial charge on any atom is -0.387 e. The molecule has 0 spiro atoms. The number of aliphatic hydroxyl groups is 1. The van der Waals surface area contributed by atoms with Crippen LogP contribution < -0.4 is 16.0 Å². The monoisotopic (exact) mass is 279 g/mol. The van der Waals surface area contributed by atoms with Gasteiger partial charge >= 0.3 is 6.03 Å². The Labute approximate surface area is 120 Å². The maximum Gasteiger partial charge on any atom is 0.314 e. The molecule has 0 saturated carbocycles. The van der Waals surface area contributed by atoms with Crippen LogP contribution in [0.4, 0.5) is 4.79 Å². The zero-order valence-electron chi connectivity index (χ0n) is 12.1. The third kappa shape index (κ3) is 7.11. The molecule has 0 saturated heterocycles. The first kappa shape index (κ1) is 16.5. The minimum atomic E-state index is -0.519. The summed E-state index contributed by atoms with van der Waals surface area (Å²) in [5.41, 5.74) is 0.894. The van der Waals surface area contributed by atoms with Crippen LogP contribution in [0, 0.1) is 0 Å². The fourth-order valence-corrected chi connectivity index (χ4v) is 1.74.